The molecule has 0 aliphatic carbocycles. The van der Waals surface area contributed by atoms with Gasteiger partial charge < -0.3 is 39.8 Å². The van der Waals surface area contributed by atoms with Crippen molar-refractivity contribution >= 4 is 40.8 Å². The van der Waals surface area contributed by atoms with E-state index in [1.807, 2.05) is 29.5 Å². The van der Waals surface area contributed by atoms with Gasteiger partial charge in [0.25, 0.3) is 0 Å². The number of aliphatic hydroxyl groups is 1. The van der Waals surface area contributed by atoms with Gasteiger partial charge in [0, 0.05) is 5.70 Å². The molecule has 0 radical (unpaired) electrons. The van der Waals surface area contributed by atoms with Crippen LogP contribution in [-0.4, -0.2) is 61.6 Å². The number of carbonyl (C=O) groups excluding carboxylic acids is 2. The van der Waals surface area contributed by atoms with Crippen LogP contribution >= 0.6 is 22.6 Å². The number of ether oxygens (including phenoxy) is 4. The highest BCUT2D eigenvalue weighted by molar-refractivity contribution is 14.1. The molecule has 2 aromatic carbocycles. The molecular formula is C26H31IN4O8. The average Bonchev–Trinajstić information content (AvgIpc) is 2.90. The van der Waals surface area contributed by atoms with E-state index in [0.29, 0.717) is 50.9 Å². The highest BCUT2D eigenvalue weighted by atomic mass is 127. The van der Waals surface area contributed by atoms with Crippen molar-refractivity contribution in [1.82, 2.24) is 16.1 Å². The Bertz CT molecular complexity index is 1270. The molecule has 0 fully saturated rings. The summed E-state index contributed by atoms with van der Waals surface area (Å²) >= 11 is 1.99. The second kappa shape index (κ2) is 13.9. The van der Waals surface area contributed by atoms with Crippen LogP contribution in [0.5, 0.6) is 23.0 Å². The summed E-state index contributed by atoms with van der Waals surface area (Å²) in [5, 5.41) is 29.7. The van der Waals surface area contributed by atoms with Crippen LogP contribution in [0.1, 0.15) is 37.9 Å². The molecule has 1 aliphatic heterocycles. The molecule has 2 atom stereocenters. The number of esters is 1. The fourth-order valence-electron chi connectivity index (χ4n) is 3.75. The molecule has 3 rings (SSSR count). The lowest BCUT2D eigenvalue weighted by Gasteiger charge is -2.28. The van der Waals surface area contributed by atoms with Gasteiger partial charge in [-0.2, -0.15) is 5.10 Å². The number of amides is 2. The quantitative estimate of drug-likeness (QED) is 0.0763. The Kier molecular flexibility index (Phi) is 10.6. The number of urea groups is 1. The normalized spacial score (nSPS) is 15.8. The van der Waals surface area contributed by atoms with E-state index in [-0.39, 0.29) is 17.9 Å². The van der Waals surface area contributed by atoms with E-state index in [0.717, 1.165) is 0 Å². The zero-order valence-corrected chi connectivity index (χ0v) is 24.1. The summed E-state index contributed by atoms with van der Waals surface area (Å²) < 4.78 is 22.4. The van der Waals surface area contributed by atoms with E-state index in [4.69, 9.17) is 18.9 Å². The first-order valence-electron chi connectivity index (χ1n) is 12.1. The summed E-state index contributed by atoms with van der Waals surface area (Å²) in [4.78, 5) is 24.5. The van der Waals surface area contributed by atoms with Crippen molar-refractivity contribution in [3.8, 4) is 23.0 Å². The summed E-state index contributed by atoms with van der Waals surface area (Å²) in [6.45, 7) is 5.81. The summed E-state index contributed by atoms with van der Waals surface area (Å²) in [6, 6.07) is 7.12. The number of allylic oxidation sites excluding steroid dienone is 1. The van der Waals surface area contributed by atoms with Crippen LogP contribution in [0.2, 0.25) is 0 Å². The van der Waals surface area contributed by atoms with Crippen LogP contribution in [0.25, 0.3) is 0 Å². The minimum Gasteiger partial charge on any atom is -0.504 e. The van der Waals surface area contributed by atoms with E-state index >= 15 is 0 Å². The number of phenolic OH excluding ortho intramolecular Hbond substituents is 1. The lowest BCUT2D eigenvalue weighted by molar-refractivity contribution is -0.136. The Hall–Kier alpha value is -3.72. The lowest BCUT2D eigenvalue weighted by atomic mass is 9.95. The predicted octanol–water partition coefficient (Wildman–Crippen LogP) is 2.92. The minimum atomic E-state index is -1.15. The molecule has 0 aromatic heterocycles. The van der Waals surface area contributed by atoms with E-state index in [9.17, 15) is 19.8 Å². The molecule has 39 heavy (non-hydrogen) atoms. The van der Waals surface area contributed by atoms with Crippen molar-refractivity contribution in [1.29, 1.82) is 0 Å². The number of carbonyl (C=O) groups is 2. The van der Waals surface area contributed by atoms with Crippen LogP contribution < -0.4 is 30.3 Å². The minimum absolute atomic E-state index is 0.0577. The average molecular weight is 654 g/mol. The highest BCUT2D eigenvalue weighted by Gasteiger charge is 2.32. The number of rotatable bonds is 12. The predicted molar refractivity (Wildman–Crippen MR) is 151 cm³/mol. The number of benzene rings is 2. The Morgan fingerprint density at radius 3 is 2.56 bits per heavy atom. The van der Waals surface area contributed by atoms with Crippen molar-refractivity contribution < 1.29 is 38.7 Å². The Morgan fingerprint density at radius 1 is 1.15 bits per heavy atom. The highest BCUT2D eigenvalue weighted by Crippen LogP contribution is 2.35. The maximum atomic E-state index is 12.4. The SMILES string of the molecule is CCOc1cc([C@H]2NC(=O)NC(C)=C2C(=O)OC)ccc1OC[C@@H](O)N/N=C/c1cc(I)c(O)c(OCC)c1. The summed E-state index contributed by atoms with van der Waals surface area (Å²) in [5.74, 6) is 0.537. The summed E-state index contributed by atoms with van der Waals surface area (Å²) in [7, 11) is 1.27. The topological polar surface area (TPSA) is 160 Å². The molecule has 0 spiro atoms. The number of methoxy groups -OCH3 is 1. The van der Waals surface area contributed by atoms with Crippen LogP contribution in [0.15, 0.2) is 46.7 Å². The Balaban J connectivity index is 1.70. The van der Waals surface area contributed by atoms with E-state index in [1.165, 1.54) is 13.3 Å². The maximum absolute atomic E-state index is 12.4. The first-order chi connectivity index (χ1) is 18.7. The molecule has 2 amide bonds. The van der Waals surface area contributed by atoms with Crippen LogP contribution in [0.4, 0.5) is 4.79 Å². The summed E-state index contributed by atoms with van der Waals surface area (Å²) in [5.41, 5.74) is 4.48. The molecule has 5 N–H and O–H groups in total. The van der Waals surface area contributed by atoms with Gasteiger partial charge in [-0.3, -0.25) is 5.43 Å². The molecular weight excluding hydrogens is 623 g/mol. The molecule has 210 valence electrons. The second-order valence-corrected chi connectivity index (χ2v) is 9.36. The van der Waals surface area contributed by atoms with Crippen molar-refractivity contribution in [3.05, 3.63) is 56.3 Å². The zero-order chi connectivity index (χ0) is 28.5. The maximum Gasteiger partial charge on any atom is 0.337 e. The van der Waals surface area contributed by atoms with Crippen molar-refractivity contribution in [2.75, 3.05) is 26.9 Å². The van der Waals surface area contributed by atoms with Crippen molar-refractivity contribution in [2.45, 2.75) is 33.0 Å². The Morgan fingerprint density at radius 2 is 1.87 bits per heavy atom. The smallest absolute Gasteiger partial charge is 0.337 e. The van der Waals surface area contributed by atoms with E-state index in [2.05, 4.69) is 21.2 Å². The largest absolute Gasteiger partial charge is 0.504 e. The number of hydrazone groups is 1. The standard InChI is InChI=1S/C26H31IN4O8/c1-5-37-19-11-16(23-22(25(34)36-4)14(3)29-26(35)30-23)7-8-18(19)39-13-21(32)31-28-12-15-9-17(27)24(33)20(10-15)38-6-2/h7-12,21,23,31-33H,5-6,13H2,1-4H3,(H2,29,30,35)/b28-12+/t21-,23-/m1/s1. The van der Waals surface area contributed by atoms with Gasteiger partial charge in [0.1, 0.15) is 6.61 Å². The Labute approximate surface area is 239 Å². The third kappa shape index (κ3) is 7.66. The summed E-state index contributed by atoms with van der Waals surface area (Å²) in [6.07, 6.45) is 0.327. The first kappa shape index (κ1) is 29.8. The second-order valence-electron chi connectivity index (χ2n) is 8.20. The fraction of sp³-hybridized carbons (Fsp3) is 0.346. The van der Waals surface area contributed by atoms with Gasteiger partial charge in [-0.05, 0) is 78.8 Å². The number of aromatic hydroxyl groups is 1. The zero-order valence-electron chi connectivity index (χ0n) is 21.9. The first-order valence-corrected chi connectivity index (χ1v) is 13.1. The number of hydrogen-bond acceptors (Lipinski definition) is 10. The van der Waals surface area contributed by atoms with Crippen molar-refractivity contribution in [3.63, 3.8) is 0 Å². The van der Waals surface area contributed by atoms with Crippen LogP contribution in [0, 0.1) is 3.57 Å². The number of hydrogen-bond donors (Lipinski definition) is 5. The van der Waals surface area contributed by atoms with E-state index < -0.39 is 24.3 Å². The lowest BCUT2D eigenvalue weighted by Crippen LogP contribution is -2.45. The van der Waals surface area contributed by atoms with Gasteiger partial charge >= 0.3 is 12.0 Å². The molecule has 2 aromatic rings. The fourth-order valence-corrected chi connectivity index (χ4v) is 4.38. The van der Waals surface area contributed by atoms with Gasteiger partial charge in [0.2, 0.25) is 0 Å². The van der Waals surface area contributed by atoms with Gasteiger partial charge in [-0.25, -0.2) is 9.59 Å². The van der Waals surface area contributed by atoms with Gasteiger partial charge in [0.05, 0.1) is 41.7 Å². The number of nitrogens with one attached hydrogen (secondary N) is 3. The molecule has 13 heteroatoms. The van der Waals surface area contributed by atoms with Gasteiger partial charge in [-0.15, -0.1) is 0 Å². The molecule has 0 saturated heterocycles. The van der Waals surface area contributed by atoms with Gasteiger partial charge in [-0.1, -0.05) is 6.07 Å². The van der Waals surface area contributed by atoms with Crippen LogP contribution in [0.3, 0.4) is 0 Å². The third-order valence-corrected chi connectivity index (χ3v) is 6.28. The number of phenols is 1. The molecule has 12 nitrogen and oxygen atoms in total. The molecule has 0 bridgehead atoms. The van der Waals surface area contributed by atoms with Crippen molar-refractivity contribution in [2.24, 2.45) is 5.10 Å². The number of aliphatic hydroxyl groups excluding tert-OH is 1. The van der Waals surface area contributed by atoms with Gasteiger partial charge in [0.15, 0.2) is 29.2 Å². The van der Waals surface area contributed by atoms with E-state index in [1.54, 1.807) is 44.2 Å². The number of nitrogens with zero attached hydrogens (tertiary/aromatic N) is 1. The molecule has 1 heterocycles. The van der Waals surface area contributed by atoms with Crippen LogP contribution in [-0.2, 0) is 9.53 Å². The molecule has 0 saturated carbocycles. The molecule has 0 unspecified atom stereocenters. The monoisotopic (exact) mass is 654 g/mol. The number of halogens is 1. The molecule has 1 aliphatic rings. The third-order valence-electron chi connectivity index (χ3n) is 5.46.